The van der Waals surface area contributed by atoms with E-state index in [4.69, 9.17) is 0 Å². The predicted molar refractivity (Wildman–Crippen MR) is 125 cm³/mol. The molecule has 4 aromatic rings. The summed E-state index contributed by atoms with van der Waals surface area (Å²) in [6.07, 6.45) is 0.763. The zero-order valence-electron chi connectivity index (χ0n) is 18.4. The molecule has 4 rings (SSSR count). The lowest BCUT2D eigenvalue weighted by Crippen LogP contribution is -2.14. The van der Waals surface area contributed by atoms with Crippen molar-refractivity contribution in [2.24, 2.45) is 0 Å². The zero-order chi connectivity index (χ0) is 22.8. The number of nitrogens with one attached hydrogen (secondary N) is 1. The largest absolute Gasteiger partial charge is 0.325 e. The van der Waals surface area contributed by atoms with Gasteiger partial charge in [-0.3, -0.25) is 4.79 Å². The maximum absolute atomic E-state index is 13.7. The van der Waals surface area contributed by atoms with Gasteiger partial charge in [-0.2, -0.15) is 4.98 Å². The lowest BCUT2D eigenvalue weighted by molar-refractivity contribution is -0.113. The van der Waals surface area contributed by atoms with Gasteiger partial charge in [0.25, 0.3) is 5.78 Å². The molecule has 0 aliphatic heterocycles. The standard InChI is InChI=1S/C24H24FN5OS/c1-14-5-8-18(9-6-14)11-20-16(3)26-23-28-24(29-30(23)17(20)4)32-13-22(31)27-19-10-7-15(2)21(25)12-19/h5-10,12H,11,13H2,1-4H3,(H,27,31). The normalized spacial score (nSPS) is 11.2. The van der Waals surface area contributed by atoms with E-state index in [1.165, 1.54) is 29.0 Å². The number of benzene rings is 2. The molecule has 2 aromatic heterocycles. The van der Waals surface area contributed by atoms with Crippen LogP contribution < -0.4 is 5.32 Å². The molecule has 0 atom stereocenters. The summed E-state index contributed by atoms with van der Waals surface area (Å²) in [6, 6.07) is 13.1. The van der Waals surface area contributed by atoms with Gasteiger partial charge in [0.05, 0.1) is 5.75 Å². The van der Waals surface area contributed by atoms with Crippen molar-refractivity contribution in [3.63, 3.8) is 0 Å². The van der Waals surface area contributed by atoms with Crippen LogP contribution in [0.4, 0.5) is 10.1 Å². The van der Waals surface area contributed by atoms with Gasteiger partial charge in [-0.1, -0.05) is 47.7 Å². The molecule has 0 saturated heterocycles. The van der Waals surface area contributed by atoms with Gasteiger partial charge in [0.15, 0.2) is 0 Å². The van der Waals surface area contributed by atoms with Crippen LogP contribution in [0.2, 0.25) is 0 Å². The number of aryl methyl sites for hydroxylation is 4. The smallest absolute Gasteiger partial charge is 0.253 e. The summed E-state index contributed by atoms with van der Waals surface area (Å²) in [6.45, 7) is 7.73. The van der Waals surface area contributed by atoms with E-state index in [9.17, 15) is 9.18 Å². The molecule has 1 N–H and O–H groups in total. The molecule has 0 fully saturated rings. The SMILES string of the molecule is Cc1ccc(Cc2c(C)nc3nc(SCC(=O)Nc4ccc(C)c(F)c4)nn3c2C)cc1. The topological polar surface area (TPSA) is 72.2 Å². The first-order valence-corrected chi connectivity index (χ1v) is 11.3. The van der Waals surface area contributed by atoms with Gasteiger partial charge in [-0.05, 0) is 56.5 Å². The van der Waals surface area contributed by atoms with E-state index in [2.05, 4.69) is 51.6 Å². The summed E-state index contributed by atoms with van der Waals surface area (Å²) < 4.78 is 15.4. The molecule has 0 aliphatic rings. The number of fused-ring (bicyclic) bond motifs is 1. The second-order valence-corrected chi connectivity index (χ2v) is 8.77. The fraction of sp³-hybridized carbons (Fsp3) is 0.250. The first-order valence-electron chi connectivity index (χ1n) is 10.3. The molecule has 6 nitrogen and oxygen atoms in total. The zero-order valence-corrected chi connectivity index (χ0v) is 19.3. The van der Waals surface area contributed by atoms with Crippen molar-refractivity contribution in [3.8, 4) is 0 Å². The third kappa shape index (κ3) is 4.80. The van der Waals surface area contributed by atoms with E-state index in [0.717, 1.165) is 23.4 Å². The van der Waals surface area contributed by atoms with Crippen LogP contribution in [0.25, 0.3) is 5.78 Å². The van der Waals surface area contributed by atoms with E-state index in [1.54, 1.807) is 23.6 Å². The average molecular weight is 450 g/mol. The average Bonchev–Trinajstić information content (AvgIpc) is 3.17. The minimum atomic E-state index is -0.351. The number of amides is 1. The number of carbonyl (C=O) groups is 1. The third-order valence-electron chi connectivity index (χ3n) is 5.32. The molecule has 1 amide bonds. The van der Waals surface area contributed by atoms with Gasteiger partial charge in [0.2, 0.25) is 11.1 Å². The van der Waals surface area contributed by atoms with Crippen LogP contribution in [0, 0.1) is 33.5 Å². The van der Waals surface area contributed by atoms with Crippen LogP contribution in [0.3, 0.4) is 0 Å². The Balaban J connectivity index is 1.48. The second-order valence-electron chi connectivity index (χ2n) is 7.83. The fourth-order valence-corrected chi connectivity index (χ4v) is 4.03. The van der Waals surface area contributed by atoms with Crippen molar-refractivity contribution in [2.75, 3.05) is 11.1 Å². The number of rotatable bonds is 6. The lowest BCUT2D eigenvalue weighted by Gasteiger charge is -2.10. The second kappa shape index (κ2) is 9.08. The number of aromatic nitrogens is 4. The highest BCUT2D eigenvalue weighted by molar-refractivity contribution is 7.99. The van der Waals surface area contributed by atoms with E-state index in [1.807, 2.05) is 13.8 Å². The molecule has 0 saturated carbocycles. The molecule has 0 spiro atoms. The fourth-order valence-electron chi connectivity index (χ4n) is 3.41. The maximum Gasteiger partial charge on any atom is 0.253 e. The number of halogens is 1. The molecule has 8 heteroatoms. The van der Waals surface area contributed by atoms with Crippen molar-refractivity contribution in [2.45, 2.75) is 39.3 Å². The van der Waals surface area contributed by atoms with Crippen LogP contribution in [0.5, 0.6) is 0 Å². The summed E-state index contributed by atoms with van der Waals surface area (Å²) in [7, 11) is 0. The molecule has 0 unspecified atom stereocenters. The summed E-state index contributed by atoms with van der Waals surface area (Å²) in [4.78, 5) is 21.3. The van der Waals surface area contributed by atoms with Crippen LogP contribution in [0.15, 0.2) is 47.6 Å². The Kier molecular flexibility index (Phi) is 6.23. The van der Waals surface area contributed by atoms with Gasteiger partial charge < -0.3 is 5.32 Å². The quantitative estimate of drug-likeness (QED) is 0.427. The minimum absolute atomic E-state index is 0.112. The number of carbonyl (C=O) groups excluding carboxylic acids is 1. The van der Waals surface area contributed by atoms with Crippen molar-refractivity contribution in [3.05, 3.63) is 81.9 Å². The van der Waals surface area contributed by atoms with Crippen molar-refractivity contribution >= 4 is 29.1 Å². The lowest BCUT2D eigenvalue weighted by atomic mass is 10.0. The van der Waals surface area contributed by atoms with Crippen LogP contribution >= 0.6 is 11.8 Å². The Morgan fingerprint density at radius 1 is 1.06 bits per heavy atom. The Bertz CT molecular complexity index is 1300. The summed E-state index contributed by atoms with van der Waals surface area (Å²) >= 11 is 1.22. The van der Waals surface area contributed by atoms with Crippen molar-refractivity contribution in [1.82, 2.24) is 19.6 Å². The minimum Gasteiger partial charge on any atom is -0.325 e. The van der Waals surface area contributed by atoms with Gasteiger partial charge >= 0.3 is 0 Å². The molecule has 0 aliphatic carbocycles. The first kappa shape index (κ1) is 22.0. The Hall–Kier alpha value is -3.26. The van der Waals surface area contributed by atoms with E-state index in [0.29, 0.717) is 22.2 Å². The monoisotopic (exact) mass is 449 g/mol. The van der Waals surface area contributed by atoms with Crippen molar-refractivity contribution < 1.29 is 9.18 Å². The maximum atomic E-state index is 13.7. The summed E-state index contributed by atoms with van der Waals surface area (Å²) in [5.74, 6) is 0.0192. The molecule has 2 aromatic carbocycles. The number of hydrogen-bond donors (Lipinski definition) is 1. The van der Waals surface area contributed by atoms with Gasteiger partial charge in [0.1, 0.15) is 5.82 Å². The molecular formula is C24H24FN5OS. The Labute approximate surface area is 190 Å². The van der Waals surface area contributed by atoms with Gasteiger partial charge in [0, 0.05) is 23.5 Å². The molecule has 0 radical (unpaired) electrons. The highest BCUT2D eigenvalue weighted by atomic mass is 32.2. The number of anilines is 1. The molecule has 164 valence electrons. The van der Waals surface area contributed by atoms with Crippen LogP contribution in [0.1, 0.15) is 33.6 Å². The Morgan fingerprint density at radius 2 is 1.81 bits per heavy atom. The van der Waals surface area contributed by atoms with E-state index in [-0.39, 0.29) is 17.5 Å². The van der Waals surface area contributed by atoms with Crippen molar-refractivity contribution in [1.29, 1.82) is 0 Å². The highest BCUT2D eigenvalue weighted by Crippen LogP contribution is 2.21. The van der Waals surface area contributed by atoms with E-state index >= 15 is 0 Å². The van der Waals surface area contributed by atoms with Gasteiger partial charge in [-0.15, -0.1) is 5.10 Å². The number of nitrogens with zero attached hydrogens (tertiary/aromatic N) is 4. The molecule has 0 bridgehead atoms. The van der Waals surface area contributed by atoms with Crippen LogP contribution in [-0.4, -0.2) is 31.2 Å². The predicted octanol–water partition coefficient (Wildman–Crippen LogP) is 4.82. The third-order valence-corrected chi connectivity index (χ3v) is 6.16. The number of hydrogen-bond acceptors (Lipinski definition) is 5. The Morgan fingerprint density at radius 3 is 2.53 bits per heavy atom. The molecular weight excluding hydrogens is 425 g/mol. The first-order chi connectivity index (χ1) is 15.3. The molecule has 2 heterocycles. The van der Waals surface area contributed by atoms with E-state index < -0.39 is 0 Å². The molecule has 32 heavy (non-hydrogen) atoms. The summed E-state index contributed by atoms with van der Waals surface area (Å²) in [5, 5.41) is 7.71. The number of thioether (sulfide) groups is 1. The van der Waals surface area contributed by atoms with Crippen LogP contribution in [-0.2, 0) is 11.2 Å². The highest BCUT2D eigenvalue weighted by Gasteiger charge is 2.15. The summed E-state index contributed by atoms with van der Waals surface area (Å²) in [5.41, 5.74) is 6.40. The van der Waals surface area contributed by atoms with Gasteiger partial charge in [-0.25, -0.2) is 13.9 Å².